The molecule has 2 aliphatic rings. The normalized spacial score (nSPS) is 19.4. The van der Waals surface area contributed by atoms with Gasteiger partial charge in [0.05, 0.1) is 17.1 Å². The largest absolute Gasteiger partial charge is 0.382 e. The van der Waals surface area contributed by atoms with Crippen molar-refractivity contribution >= 4 is 34.1 Å². The fraction of sp³-hybridized carbons (Fsp3) is 0.455. The third-order valence-corrected chi connectivity index (χ3v) is 6.39. The number of hydrogen-bond donors (Lipinski definition) is 1. The van der Waals surface area contributed by atoms with Gasteiger partial charge in [0.15, 0.2) is 11.6 Å². The Labute approximate surface area is 175 Å². The van der Waals surface area contributed by atoms with Crippen molar-refractivity contribution in [1.82, 2.24) is 19.7 Å². The van der Waals surface area contributed by atoms with Crippen LogP contribution >= 0.6 is 0 Å². The van der Waals surface area contributed by atoms with Crippen LogP contribution in [0.25, 0.3) is 16.9 Å². The summed E-state index contributed by atoms with van der Waals surface area (Å²) in [5, 5.41) is 5.36. The maximum Gasteiger partial charge on any atom is 0.253 e. The number of amides is 1. The number of anilines is 3. The molecular formula is C22H27N7O. The van der Waals surface area contributed by atoms with Crippen molar-refractivity contribution < 1.29 is 4.79 Å². The Morgan fingerprint density at radius 1 is 1.17 bits per heavy atom. The molecule has 1 saturated carbocycles. The van der Waals surface area contributed by atoms with Crippen LogP contribution in [0.3, 0.4) is 0 Å². The average molecular weight is 406 g/mol. The quantitative estimate of drug-likeness (QED) is 0.704. The smallest absolute Gasteiger partial charge is 0.253 e. The molecule has 0 radical (unpaired) electrons. The molecule has 3 heterocycles. The van der Waals surface area contributed by atoms with Crippen LogP contribution in [0.1, 0.15) is 39.5 Å². The lowest BCUT2D eigenvalue weighted by atomic mass is 9.91. The van der Waals surface area contributed by atoms with Crippen molar-refractivity contribution in [3.8, 4) is 5.95 Å². The van der Waals surface area contributed by atoms with Crippen LogP contribution in [0.15, 0.2) is 30.5 Å². The third-order valence-electron chi connectivity index (χ3n) is 6.39. The van der Waals surface area contributed by atoms with E-state index < -0.39 is 5.41 Å². The maximum absolute atomic E-state index is 13.1. The summed E-state index contributed by atoms with van der Waals surface area (Å²) in [6.45, 7) is 4.65. The highest BCUT2D eigenvalue weighted by Gasteiger charge is 2.41. The first-order chi connectivity index (χ1) is 14.4. The highest BCUT2D eigenvalue weighted by atomic mass is 16.2. The van der Waals surface area contributed by atoms with E-state index in [1.165, 1.54) is 12.8 Å². The summed E-state index contributed by atoms with van der Waals surface area (Å²) in [5.74, 6) is 1.79. The zero-order valence-corrected chi connectivity index (χ0v) is 17.7. The third kappa shape index (κ3) is 2.81. The molecule has 0 saturated heterocycles. The fourth-order valence-electron chi connectivity index (χ4n) is 4.80. The molecule has 1 amide bonds. The van der Waals surface area contributed by atoms with E-state index in [9.17, 15) is 4.79 Å². The predicted molar refractivity (Wildman–Crippen MR) is 118 cm³/mol. The second kappa shape index (κ2) is 6.68. The molecule has 1 aliphatic carbocycles. The van der Waals surface area contributed by atoms with Gasteiger partial charge in [-0.05, 0) is 38.8 Å². The number of carbonyl (C=O) groups excluding carboxylic acids is 1. The Balaban J connectivity index is 1.69. The second-order valence-corrected chi connectivity index (χ2v) is 9.01. The van der Waals surface area contributed by atoms with E-state index in [4.69, 9.17) is 10.7 Å². The Hall–Kier alpha value is -3.16. The van der Waals surface area contributed by atoms with Gasteiger partial charge in [0.2, 0.25) is 5.91 Å². The monoisotopic (exact) mass is 405 g/mol. The molecule has 156 valence electrons. The molecule has 1 aromatic carbocycles. The van der Waals surface area contributed by atoms with Crippen LogP contribution in [-0.4, -0.2) is 45.3 Å². The number of hydrogen-bond acceptors (Lipinski definition) is 6. The number of aromatic nitrogens is 4. The summed E-state index contributed by atoms with van der Waals surface area (Å²) in [5.41, 5.74) is 7.22. The molecule has 2 N–H and O–H groups in total. The topological polar surface area (TPSA) is 93.2 Å². The molecule has 2 aromatic heterocycles. The van der Waals surface area contributed by atoms with Gasteiger partial charge in [-0.15, -0.1) is 5.10 Å². The molecule has 1 fully saturated rings. The van der Waals surface area contributed by atoms with Crippen LogP contribution < -0.4 is 15.5 Å². The first-order valence-electron chi connectivity index (χ1n) is 10.5. The number of fused-ring (bicyclic) bond motifs is 2. The van der Waals surface area contributed by atoms with Gasteiger partial charge in [0, 0.05) is 25.0 Å². The zero-order chi connectivity index (χ0) is 21.0. The number of carbonyl (C=O) groups is 1. The molecule has 3 aromatic rings. The molecule has 0 unspecified atom stereocenters. The van der Waals surface area contributed by atoms with Gasteiger partial charge >= 0.3 is 0 Å². The molecule has 30 heavy (non-hydrogen) atoms. The van der Waals surface area contributed by atoms with E-state index in [1.54, 1.807) is 15.8 Å². The lowest BCUT2D eigenvalue weighted by Crippen LogP contribution is -2.45. The number of nitrogens with two attached hydrogens (primary N) is 1. The summed E-state index contributed by atoms with van der Waals surface area (Å²) in [4.78, 5) is 26.7. The molecular weight excluding hydrogens is 378 g/mol. The molecule has 0 atom stereocenters. The van der Waals surface area contributed by atoms with E-state index in [-0.39, 0.29) is 5.91 Å². The van der Waals surface area contributed by atoms with E-state index in [1.807, 2.05) is 45.2 Å². The minimum atomic E-state index is -0.513. The van der Waals surface area contributed by atoms with E-state index in [0.29, 0.717) is 24.4 Å². The Morgan fingerprint density at radius 2 is 1.90 bits per heavy atom. The lowest BCUT2D eigenvalue weighted by molar-refractivity contribution is -0.125. The zero-order valence-electron chi connectivity index (χ0n) is 17.7. The summed E-state index contributed by atoms with van der Waals surface area (Å²) in [6.07, 6.45) is 6.39. The summed E-state index contributed by atoms with van der Waals surface area (Å²) >= 11 is 0. The SMILES string of the molecule is CN1C(=O)C(C)(C)CN(C2CCCC2)c2nc(-n3nc(N)c4ccccc43)ncc21. The molecule has 8 heteroatoms. The number of para-hydroxylation sites is 1. The van der Waals surface area contributed by atoms with Crippen molar-refractivity contribution in [2.75, 3.05) is 29.1 Å². The lowest BCUT2D eigenvalue weighted by Gasteiger charge is -2.34. The molecule has 1 aliphatic heterocycles. The van der Waals surface area contributed by atoms with Crippen molar-refractivity contribution in [2.24, 2.45) is 5.41 Å². The molecule has 8 nitrogen and oxygen atoms in total. The van der Waals surface area contributed by atoms with Gasteiger partial charge in [-0.3, -0.25) is 4.79 Å². The summed E-state index contributed by atoms with van der Waals surface area (Å²) in [6, 6.07) is 8.17. The van der Waals surface area contributed by atoms with E-state index in [0.717, 1.165) is 35.2 Å². The van der Waals surface area contributed by atoms with Gasteiger partial charge in [-0.2, -0.15) is 9.67 Å². The van der Waals surface area contributed by atoms with Crippen LogP contribution in [0.5, 0.6) is 0 Å². The predicted octanol–water partition coefficient (Wildman–Crippen LogP) is 3.15. The van der Waals surface area contributed by atoms with Crippen LogP contribution in [0.2, 0.25) is 0 Å². The maximum atomic E-state index is 13.1. The fourth-order valence-corrected chi connectivity index (χ4v) is 4.80. The van der Waals surface area contributed by atoms with Gasteiger partial charge in [0.25, 0.3) is 5.95 Å². The minimum absolute atomic E-state index is 0.0781. The van der Waals surface area contributed by atoms with Crippen LogP contribution in [0.4, 0.5) is 17.3 Å². The van der Waals surface area contributed by atoms with Crippen molar-refractivity contribution in [3.05, 3.63) is 30.5 Å². The number of nitrogens with zero attached hydrogens (tertiary/aromatic N) is 6. The molecule has 0 bridgehead atoms. The van der Waals surface area contributed by atoms with E-state index >= 15 is 0 Å². The van der Waals surface area contributed by atoms with Gasteiger partial charge in [-0.1, -0.05) is 25.0 Å². The minimum Gasteiger partial charge on any atom is -0.382 e. The van der Waals surface area contributed by atoms with Crippen molar-refractivity contribution in [1.29, 1.82) is 0 Å². The average Bonchev–Trinajstić information content (AvgIpc) is 3.38. The second-order valence-electron chi connectivity index (χ2n) is 9.01. The number of rotatable bonds is 2. The van der Waals surface area contributed by atoms with Gasteiger partial charge < -0.3 is 15.5 Å². The highest BCUT2D eigenvalue weighted by molar-refractivity contribution is 6.00. The Kier molecular flexibility index (Phi) is 4.20. The Morgan fingerprint density at radius 3 is 2.67 bits per heavy atom. The highest BCUT2D eigenvalue weighted by Crippen LogP contribution is 2.40. The van der Waals surface area contributed by atoms with Crippen molar-refractivity contribution in [3.63, 3.8) is 0 Å². The summed E-state index contributed by atoms with van der Waals surface area (Å²) in [7, 11) is 1.81. The van der Waals surface area contributed by atoms with Crippen molar-refractivity contribution in [2.45, 2.75) is 45.6 Å². The van der Waals surface area contributed by atoms with Gasteiger partial charge in [0.1, 0.15) is 5.69 Å². The van der Waals surface area contributed by atoms with Gasteiger partial charge in [-0.25, -0.2) is 4.98 Å². The summed E-state index contributed by atoms with van der Waals surface area (Å²) < 4.78 is 1.69. The first-order valence-corrected chi connectivity index (χ1v) is 10.5. The first kappa shape index (κ1) is 18.8. The number of benzene rings is 1. The molecule has 5 rings (SSSR count). The van der Waals surface area contributed by atoms with Crippen LogP contribution in [0, 0.1) is 5.41 Å². The Bertz CT molecular complexity index is 1130. The standard InChI is InChI=1S/C22H27N7O/c1-22(2)13-28(14-8-4-5-9-14)19-17(27(3)20(22)30)12-24-21(25-19)29-16-11-7-6-10-15(16)18(23)26-29/h6-7,10-12,14H,4-5,8-9,13H2,1-3H3,(H2,23,26). The van der Waals surface area contributed by atoms with E-state index in [2.05, 4.69) is 15.0 Å². The number of nitrogen functional groups attached to an aromatic ring is 1. The van der Waals surface area contributed by atoms with Crippen LogP contribution in [-0.2, 0) is 4.79 Å². The molecule has 0 spiro atoms.